The van der Waals surface area contributed by atoms with E-state index in [2.05, 4.69) is 10.4 Å². The molecule has 0 atom stereocenters. The third kappa shape index (κ3) is 5.87. The van der Waals surface area contributed by atoms with Crippen LogP contribution in [0.3, 0.4) is 0 Å². The van der Waals surface area contributed by atoms with Crippen molar-refractivity contribution in [2.75, 3.05) is 13.2 Å². The summed E-state index contributed by atoms with van der Waals surface area (Å²) >= 11 is 0. The number of hydrogen-bond donors (Lipinski definition) is 1. The van der Waals surface area contributed by atoms with Crippen molar-refractivity contribution >= 4 is 11.9 Å². The highest BCUT2D eigenvalue weighted by Crippen LogP contribution is 2.09. The van der Waals surface area contributed by atoms with Crippen LogP contribution in [0.5, 0.6) is 0 Å². The lowest BCUT2D eigenvalue weighted by molar-refractivity contribution is -0.148. The summed E-state index contributed by atoms with van der Waals surface area (Å²) in [6.07, 6.45) is 6.31. The molecule has 128 valence electrons. The quantitative estimate of drug-likeness (QED) is 0.566. The molecule has 1 aromatic heterocycles. The highest BCUT2D eigenvalue weighted by Gasteiger charge is 2.09. The maximum atomic E-state index is 11.7. The van der Waals surface area contributed by atoms with E-state index in [1.54, 1.807) is 10.9 Å². The molecule has 0 radical (unpaired) electrons. The molecule has 0 bridgehead atoms. The number of ether oxygens (including phenoxy) is 1. The van der Waals surface area contributed by atoms with Crippen LogP contribution in [-0.4, -0.2) is 34.8 Å². The molecule has 1 aromatic carbocycles. The average molecular weight is 329 g/mol. The van der Waals surface area contributed by atoms with Gasteiger partial charge in [0.2, 0.25) is 0 Å². The van der Waals surface area contributed by atoms with Gasteiger partial charge in [0.1, 0.15) is 0 Å². The van der Waals surface area contributed by atoms with Gasteiger partial charge in [-0.3, -0.25) is 9.59 Å². The van der Waals surface area contributed by atoms with Crippen LogP contribution in [0.4, 0.5) is 0 Å². The molecule has 0 fully saturated rings. The second-order valence-corrected chi connectivity index (χ2v) is 5.49. The number of hydrogen-bond acceptors (Lipinski definition) is 4. The molecule has 0 unspecified atom stereocenters. The Hall–Kier alpha value is -2.63. The Morgan fingerprint density at radius 2 is 2.04 bits per heavy atom. The summed E-state index contributed by atoms with van der Waals surface area (Å²) in [5.74, 6) is -0.637. The average Bonchev–Trinajstić information content (AvgIpc) is 3.08. The molecular weight excluding hydrogens is 306 g/mol. The highest BCUT2D eigenvalue weighted by atomic mass is 16.5. The van der Waals surface area contributed by atoms with Crippen molar-refractivity contribution in [1.82, 2.24) is 15.1 Å². The molecular formula is C18H23N3O3. The molecule has 2 rings (SSSR count). The minimum Gasteiger partial charge on any atom is -0.456 e. The van der Waals surface area contributed by atoms with E-state index in [0.29, 0.717) is 13.0 Å². The summed E-state index contributed by atoms with van der Waals surface area (Å²) in [5, 5.41) is 6.99. The minimum atomic E-state index is -0.381. The van der Waals surface area contributed by atoms with Crippen molar-refractivity contribution in [3.05, 3.63) is 48.3 Å². The van der Waals surface area contributed by atoms with E-state index in [1.807, 2.05) is 43.5 Å². The first kappa shape index (κ1) is 17.7. The van der Waals surface area contributed by atoms with Crippen LogP contribution in [0.1, 0.15) is 31.7 Å². The van der Waals surface area contributed by atoms with Gasteiger partial charge in [-0.1, -0.05) is 31.5 Å². The van der Waals surface area contributed by atoms with Gasteiger partial charge in [-0.25, -0.2) is 4.68 Å². The third-order valence-electron chi connectivity index (χ3n) is 3.49. The predicted octanol–water partition coefficient (Wildman–Crippen LogP) is 2.26. The molecule has 0 aliphatic heterocycles. The molecule has 6 nitrogen and oxygen atoms in total. The van der Waals surface area contributed by atoms with Gasteiger partial charge in [0.05, 0.1) is 11.9 Å². The van der Waals surface area contributed by atoms with Crippen molar-refractivity contribution in [2.24, 2.45) is 0 Å². The normalized spacial score (nSPS) is 10.4. The summed E-state index contributed by atoms with van der Waals surface area (Å²) in [6, 6.07) is 9.76. The van der Waals surface area contributed by atoms with Crippen molar-refractivity contribution < 1.29 is 14.3 Å². The summed E-state index contributed by atoms with van der Waals surface area (Å²) in [6.45, 7) is 2.45. The van der Waals surface area contributed by atoms with Crippen LogP contribution in [0.25, 0.3) is 5.69 Å². The summed E-state index contributed by atoms with van der Waals surface area (Å²) in [7, 11) is 0. The number of carbonyl (C=O) groups is 2. The van der Waals surface area contributed by atoms with Crippen LogP contribution in [-0.2, 0) is 20.7 Å². The van der Waals surface area contributed by atoms with E-state index in [9.17, 15) is 9.59 Å². The minimum absolute atomic E-state index is 0.216. The molecule has 0 spiro atoms. The third-order valence-corrected chi connectivity index (χ3v) is 3.49. The van der Waals surface area contributed by atoms with E-state index >= 15 is 0 Å². The van der Waals surface area contributed by atoms with Gasteiger partial charge < -0.3 is 10.1 Å². The van der Waals surface area contributed by atoms with Crippen LogP contribution in [0, 0.1) is 0 Å². The van der Waals surface area contributed by atoms with Crippen LogP contribution < -0.4 is 5.32 Å². The Morgan fingerprint density at radius 3 is 2.79 bits per heavy atom. The van der Waals surface area contributed by atoms with Crippen LogP contribution >= 0.6 is 0 Å². The topological polar surface area (TPSA) is 73.2 Å². The predicted molar refractivity (Wildman–Crippen MR) is 90.8 cm³/mol. The molecule has 2 aromatic rings. The fraction of sp³-hybridized carbons (Fsp3) is 0.389. The van der Waals surface area contributed by atoms with Gasteiger partial charge in [-0.15, -0.1) is 0 Å². The maximum absolute atomic E-state index is 11.7. The zero-order chi connectivity index (χ0) is 17.2. The second kappa shape index (κ2) is 9.50. The van der Waals surface area contributed by atoms with Gasteiger partial charge >= 0.3 is 5.97 Å². The number of aromatic nitrogens is 2. The summed E-state index contributed by atoms with van der Waals surface area (Å²) < 4.78 is 6.74. The number of nitrogens with one attached hydrogen (secondary N) is 1. The number of unbranched alkanes of at least 4 members (excludes halogenated alkanes) is 1. The Labute approximate surface area is 141 Å². The van der Waals surface area contributed by atoms with Gasteiger partial charge in [-0.2, -0.15) is 5.10 Å². The highest BCUT2D eigenvalue weighted by molar-refractivity contribution is 5.80. The monoisotopic (exact) mass is 329 g/mol. The van der Waals surface area contributed by atoms with Crippen molar-refractivity contribution in [3.63, 3.8) is 0 Å². The molecule has 1 amide bonds. The van der Waals surface area contributed by atoms with Gasteiger partial charge in [-0.05, 0) is 30.5 Å². The van der Waals surface area contributed by atoms with Crippen molar-refractivity contribution in [2.45, 2.75) is 32.6 Å². The smallest absolute Gasteiger partial charge is 0.306 e. The molecule has 1 N–H and O–H groups in total. The van der Waals surface area contributed by atoms with E-state index < -0.39 is 0 Å². The fourth-order valence-corrected chi connectivity index (χ4v) is 2.13. The maximum Gasteiger partial charge on any atom is 0.306 e. The number of para-hydroxylation sites is 1. The first-order chi connectivity index (χ1) is 11.7. The van der Waals surface area contributed by atoms with Crippen LogP contribution in [0.2, 0.25) is 0 Å². The lowest BCUT2D eigenvalue weighted by Gasteiger charge is -2.05. The molecule has 0 aliphatic carbocycles. The van der Waals surface area contributed by atoms with Crippen molar-refractivity contribution in [1.29, 1.82) is 0 Å². The zero-order valence-electron chi connectivity index (χ0n) is 13.9. The number of esters is 1. The van der Waals surface area contributed by atoms with Gasteiger partial charge in [0, 0.05) is 19.2 Å². The molecule has 1 heterocycles. The number of nitrogens with zero attached hydrogens (tertiary/aromatic N) is 2. The summed E-state index contributed by atoms with van der Waals surface area (Å²) in [5.41, 5.74) is 1.92. The van der Waals surface area contributed by atoms with E-state index in [1.165, 1.54) is 0 Å². The van der Waals surface area contributed by atoms with Gasteiger partial charge in [0.15, 0.2) is 6.61 Å². The number of rotatable bonds is 9. The molecule has 0 saturated carbocycles. The van der Waals surface area contributed by atoms with Crippen molar-refractivity contribution in [3.8, 4) is 5.69 Å². The fourth-order valence-electron chi connectivity index (χ4n) is 2.13. The number of benzene rings is 1. The Kier molecular flexibility index (Phi) is 7.01. The van der Waals surface area contributed by atoms with E-state index in [4.69, 9.17) is 4.74 Å². The van der Waals surface area contributed by atoms with E-state index in [-0.39, 0.29) is 24.9 Å². The molecule has 0 saturated heterocycles. The number of aryl methyl sites for hydroxylation is 1. The van der Waals surface area contributed by atoms with Crippen LogP contribution in [0.15, 0.2) is 42.7 Å². The summed E-state index contributed by atoms with van der Waals surface area (Å²) in [4.78, 5) is 23.2. The number of carbonyl (C=O) groups excluding carboxylic acids is 2. The SMILES string of the molecule is CCCCNC(=O)COC(=O)CCc1cnn(-c2ccccc2)c1. The standard InChI is InChI=1S/C18H23N3O3/c1-2-3-11-19-17(22)14-24-18(23)10-9-15-12-20-21(13-15)16-7-5-4-6-8-16/h4-8,12-13H,2-3,9-11,14H2,1H3,(H,19,22). The molecule has 6 heteroatoms. The Bertz CT molecular complexity index is 653. The zero-order valence-corrected chi connectivity index (χ0v) is 13.9. The molecule has 0 aliphatic rings. The Balaban J connectivity index is 1.71. The Morgan fingerprint density at radius 1 is 1.25 bits per heavy atom. The lowest BCUT2D eigenvalue weighted by atomic mass is 10.2. The first-order valence-electron chi connectivity index (χ1n) is 8.20. The largest absolute Gasteiger partial charge is 0.456 e. The van der Waals surface area contributed by atoms with E-state index in [0.717, 1.165) is 24.1 Å². The first-order valence-corrected chi connectivity index (χ1v) is 8.20. The lowest BCUT2D eigenvalue weighted by Crippen LogP contribution is -2.29. The van der Waals surface area contributed by atoms with Gasteiger partial charge in [0.25, 0.3) is 5.91 Å². The number of amides is 1. The second-order valence-electron chi connectivity index (χ2n) is 5.49. The molecule has 24 heavy (non-hydrogen) atoms.